The van der Waals surface area contributed by atoms with Crippen LogP contribution >= 0.6 is 11.8 Å². The molecule has 0 unspecified atom stereocenters. The normalized spacial score (nSPS) is 10.7. The standard InChI is InChI=1S/C19H24N4OS/c1-5-11-22(12-6-2)18(24)13-25-19-21-20-14-23(19)17-9-7-16(8-10-17)15(3)4/h5-10,14-15H,1-2,11-13H2,3-4H3. The van der Waals surface area contributed by atoms with Crippen molar-refractivity contribution in [3.05, 3.63) is 61.5 Å². The van der Waals surface area contributed by atoms with E-state index in [1.54, 1.807) is 23.4 Å². The molecular weight excluding hydrogens is 332 g/mol. The second-order valence-electron chi connectivity index (χ2n) is 5.89. The van der Waals surface area contributed by atoms with E-state index in [9.17, 15) is 4.79 Å². The fraction of sp³-hybridized carbons (Fsp3) is 0.316. The van der Waals surface area contributed by atoms with Crippen LogP contribution in [0.2, 0.25) is 0 Å². The molecule has 2 rings (SSSR count). The fourth-order valence-electron chi connectivity index (χ4n) is 2.33. The minimum Gasteiger partial charge on any atom is -0.335 e. The van der Waals surface area contributed by atoms with E-state index in [2.05, 4.69) is 49.3 Å². The van der Waals surface area contributed by atoms with Crippen molar-refractivity contribution in [3.8, 4) is 5.69 Å². The zero-order chi connectivity index (χ0) is 18.2. The quantitative estimate of drug-likeness (QED) is 0.508. The lowest BCUT2D eigenvalue weighted by atomic mass is 10.0. The van der Waals surface area contributed by atoms with Crippen molar-refractivity contribution in [2.45, 2.75) is 24.9 Å². The highest BCUT2D eigenvalue weighted by Gasteiger charge is 2.14. The van der Waals surface area contributed by atoms with E-state index in [4.69, 9.17) is 0 Å². The molecule has 2 aromatic rings. The average Bonchev–Trinajstić information content (AvgIpc) is 3.08. The lowest BCUT2D eigenvalue weighted by Gasteiger charge is -2.18. The molecule has 1 aromatic carbocycles. The smallest absolute Gasteiger partial charge is 0.233 e. The Morgan fingerprint density at radius 2 is 1.88 bits per heavy atom. The summed E-state index contributed by atoms with van der Waals surface area (Å²) < 4.78 is 1.90. The van der Waals surface area contributed by atoms with Crippen molar-refractivity contribution in [1.82, 2.24) is 19.7 Å². The number of nitrogens with zero attached hydrogens (tertiary/aromatic N) is 4. The summed E-state index contributed by atoms with van der Waals surface area (Å²) in [5, 5.41) is 8.82. The third-order valence-electron chi connectivity index (χ3n) is 3.73. The van der Waals surface area contributed by atoms with Crippen LogP contribution in [0.4, 0.5) is 0 Å². The summed E-state index contributed by atoms with van der Waals surface area (Å²) in [4.78, 5) is 14.0. The Morgan fingerprint density at radius 3 is 2.44 bits per heavy atom. The maximum Gasteiger partial charge on any atom is 0.233 e. The van der Waals surface area contributed by atoms with E-state index in [-0.39, 0.29) is 5.91 Å². The van der Waals surface area contributed by atoms with Gasteiger partial charge in [0.15, 0.2) is 5.16 Å². The lowest BCUT2D eigenvalue weighted by molar-refractivity contribution is -0.127. The van der Waals surface area contributed by atoms with Gasteiger partial charge in [0, 0.05) is 18.8 Å². The second kappa shape index (κ2) is 9.22. The molecule has 25 heavy (non-hydrogen) atoms. The number of carbonyl (C=O) groups is 1. The Hall–Kier alpha value is -2.34. The van der Waals surface area contributed by atoms with Crippen LogP contribution in [-0.4, -0.2) is 44.4 Å². The van der Waals surface area contributed by atoms with Crippen LogP contribution in [0.25, 0.3) is 5.69 Å². The van der Waals surface area contributed by atoms with Gasteiger partial charge in [0.2, 0.25) is 5.91 Å². The molecule has 1 aromatic heterocycles. The Labute approximate surface area is 153 Å². The van der Waals surface area contributed by atoms with Crippen molar-refractivity contribution in [1.29, 1.82) is 0 Å². The van der Waals surface area contributed by atoms with Gasteiger partial charge in [-0.15, -0.1) is 23.4 Å². The molecule has 0 spiro atoms. The van der Waals surface area contributed by atoms with E-state index in [1.165, 1.54) is 17.3 Å². The molecule has 0 saturated carbocycles. The molecular formula is C19H24N4OS. The third kappa shape index (κ3) is 5.06. The first-order chi connectivity index (χ1) is 12.1. The van der Waals surface area contributed by atoms with Gasteiger partial charge in [0.05, 0.1) is 5.75 Å². The number of hydrogen-bond donors (Lipinski definition) is 0. The molecule has 0 aliphatic carbocycles. The lowest BCUT2D eigenvalue weighted by Crippen LogP contribution is -2.32. The first kappa shape index (κ1) is 19.0. The maximum atomic E-state index is 12.3. The number of aromatic nitrogens is 3. The van der Waals surface area contributed by atoms with Gasteiger partial charge in [-0.1, -0.05) is 49.9 Å². The molecule has 0 N–H and O–H groups in total. The highest BCUT2D eigenvalue weighted by atomic mass is 32.2. The van der Waals surface area contributed by atoms with Crippen molar-refractivity contribution in [2.75, 3.05) is 18.8 Å². The molecule has 0 atom stereocenters. The number of rotatable bonds is 9. The van der Waals surface area contributed by atoms with Crippen molar-refractivity contribution >= 4 is 17.7 Å². The minimum atomic E-state index is 0.0227. The predicted octanol–water partition coefficient (Wildman–Crippen LogP) is 3.68. The molecule has 0 radical (unpaired) electrons. The Kier molecular flexibility index (Phi) is 7.01. The first-order valence-electron chi connectivity index (χ1n) is 8.19. The summed E-state index contributed by atoms with van der Waals surface area (Å²) in [5.74, 6) is 0.807. The van der Waals surface area contributed by atoms with Crippen LogP contribution < -0.4 is 0 Å². The number of benzene rings is 1. The Bertz CT molecular complexity index is 711. The van der Waals surface area contributed by atoms with Crippen molar-refractivity contribution in [3.63, 3.8) is 0 Å². The molecule has 6 heteroatoms. The second-order valence-corrected chi connectivity index (χ2v) is 6.84. The largest absolute Gasteiger partial charge is 0.335 e. The van der Waals surface area contributed by atoms with E-state index in [0.717, 1.165) is 5.69 Å². The van der Waals surface area contributed by atoms with Gasteiger partial charge < -0.3 is 4.90 Å². The molecule has 5 nitrogen and oxygen atoms in total. The van der Waals surface area contributed by atoms with Gasteiger partial charge in [-0.05, 0) is 23.6 Å². The minimum absolute atomic E-state index is 0.0227. The zero-order valence-corrected chi connectivity index (χ0v) is 15.6. The maximum absolute atomic E-state index is 12.3. The summed E-state index contributed by atoms with van der Waals surface area (Å²) in [6.07, 6.45) is 5.10. The van der Waals surface area contributed by atoms with Crippen molar-refractivity contribution in [2.24, 2.45) is 0 Å². The van der Waals surface area contributed by atoms with E-state index in [0.29, 0.717) is 29.9 Å². The third-order valence-corrected chi connectivity index (χ3v) is 4.66. The van der Waals surface area contributed by atoms with Crippen molar-refractivity contribution < 1.29 is 4.79 Å². The molecule has 0 fully saturated rings. The summed E-state index contributed by atoms with van der Waals surface area (Å²) in [5.41, 5.74) is 2.27. The number of thioether (sulfide) groups is 1. The van der Waals surface area contributed by atoms with Crippen LogP contribution in [-0.2, 0) is 4.79 Å². The van der Waals surface area contributed by atoms with Gasteiger partial charge in [-0.25, -0.2) is 0 Å². The van der Waals surface area contributed by atoms with Gasteiger partial charge >= 0.3 is 0 Å². The number of carbonyl (C=O) groups excluding carboxylic acids is 1. The molecule has 132 valence electrons. The van der Waals surface area contributed by atoms with Crippen LogP contribution in [0.1, 0.15) is 25.3 Å². The van der Waals surface area contributed by atoms with E-state index >= 15 is 0 Å². The average molecular weight is 356 g/mol. The van der Waals surface area contributed by atoms with E-state index < -0.39 is 0 Å². The molecule has 0 aliphatic rings. The summed E-state index contributed by atoms with van der Waals surface area (Å²) in [6.45, 7) is 12.7. The Morgan fingerprint density at radius 1 is 1.24 bits per heavy atom. The van der Waals surface area contributed by atoms with Gasteiger partial charge in [0.1, 0.15) is 6.33 Å². The molecule has 1 amide bonds. The zero-order valence-electron chi connectivity index (χ0n) is 14.8. The first-order valence-corrected chi connectivity index (χ1v) is 9.18. The number of hydrogen-bond acceptors (Lipinski definition) is 4. The molecule has 1 heterocycles. The summed E-state index contributed by atoms with van der Waals surface area (Å²) in [6, 6.07) is 8.31. The predicted molar refractivity (Wildman–Crippen MR) is 103 cm³/mol. The topological polar surface area (TPSA) is 51.0 Å². The SMILES string of the molecule is C=CCN(CC=C)C(=O)CSc1nncn1-c1ccc(C(C)C)cc1. The van der Waals surface area contributed by atoms with Gasteiger partial charge in [-0.3, -0.25) is 9.36 Å². The summed E-state index contributed by atoms with van der Waals surface area (Å²) in [7, 11) is 0. The fourth-order valence-corrected chi connectivity index (χ4v) is 3.16. The summed E-state index contributed by atoms with van der Waals surface area (Å²) >= 11 is 1.38. The van der Waals surface area contributed by atoms with E-state index in [1.807, 2.05) is 16.7 Å². The van der Waals surface area contributed by atoms with Crippen LogP contribution in [0, 0.1) is 0 Å². The monoisotopic (exact) mass is 356 g/mol. The molecule has 0 aliphatic heterocycles. The molecule has 0 bridgehead atoms. The van der Waals surface area contributed by atoms with Gasteiger partial charge in [0.25, 0.3) is 0 Å². The molecule has 0 saturated heterocycles. The Balaban J connectivity index is 2.07. The van der Waals surface area contributed by atoms with Gasteiger partial charge in [-0.2, -0.15) is 0 Å². The van der Waals surface area contributed by atoms with Crippen LogP contribution in [0.5, 0.6) is 0 Å². The highest BCUT2D eigenvalue weighted by molar-refractivity contribution is 7.99. The van der Waals surface area contributed by atoms with Crippen LogP contribution in [0.3, 0.4) is 0 Å². The highest BCUT2D eigenvalue weighted by Crippen LogP contribution is 2.22. The number of amides is 1. The van der Waals surface area contributed by atoms with Crippen LogP contribution in [0.15, 0.2) is 61.1 Å².